The minimum atomic E-state index is -0.493. The van der Waals surface area contributed by atoms with E-state index in [2.05, 4.69) is 16.0 Å². The van der Waals surface area contributed by atoms with Crippen molar-refractivity contribution in [2.24, 2.45) is 0 Å². The summed E-state index contributed by atoms with van der Waals surface area (Å²) in [5.74, 6) is -0.917. The second-order valence-corrected chi connectivity index (χ2v) is 8.82. The summed E-state index contributed by atoms with van der Waals surface area (Å²) in [4.78, 5) is 27.4. The summed E-state index contributed by atoms with van der Waals surface area (Å²) >= 11 is 6.67. The molecule has 29 heavy (non-hydrogen) atoms. The maximum Gasteiger partial charge on any atom is 0.265 e. The molecule has 3 heterocycles. The van der Waals surface area contributed by atoms with E-state index in [-0.39, 0.29) is 10.7 Å². The zero-order valence-electron chi connectivity index (χ0n) is 16.5. The molecule has 0 aromatic carbocycles. The van der Waals surface area contributed by atoms with Gasteiger partial charge in [0.1, 0.15) is 16.6 Å². The van der Waals surface area contributed by atoms with Crippen LogP contribution in [0.5, 0.6) is 0 Å². The zero-order chi connectivity index (χ0) is 20.9. The van der Waals surface area contributed by atoms with Crippen molar-refractivity contribution in [1.82, 2.24) is 14.8 Å². The van der Waals surface area contributed by atoms with Gasteiger partial charge in [-0.25, -0.2) is 0 Å². The minimum Gasteiger partial charge on any atom is -0.308 e. The number of rotatable bonds is 2. The average molecular weight is 425 g/mol. The predicted molar refractivity (Wildman–Crippen MR) is 116 cm³/mol. The van der Waals surface area contributed by atoms with Gasteiger partial charge >= 0.3 is 0 Å². The number of thiophene rings is 1. The fourth-order valence-corrected chi connectivity index (χ4v) is 5.60. The molecule has 4 rings (SSSR count). The quantitative estimate of drug-likeness (QED) is 0.456. The number of nitrogens with one attached hydrogen (secondary N) is 1. The number of thiocarbonyl (C=S) groups is 1. The highest BCUT2D eigenvalue weighted by Gasteiger charge is 2.31. The zero-order valence-corrected chi connectivity index (χ0v) is 18.1. The molecule has 1 aliphatic heterocycles. The summed E-state index contributed by atoms with van der Waals surface area (Å²) in [5, 5.41) is 13.4. The Hall–Kier alpha value is -2.76. The van der Waals surface area contributed by atoms with E-state index in [0.717, 1.165) is 53.2 Å². The summed E-state index contributed by atoms with van der Waals surface area (Å²) in [7, 11) is 1.54. The monoisotopic (exact) mass is 424 g/mol. The molecule has 0 spiro atoms. The second-order valence-electron chi connectivity index (χ2n) is 7.35. The molecule has 0 atom stereocenters. The molecular weight excluding hydrogens is 404 g/mol. The number of likely N-dealkylation sites (N-methyl/N-ethyl adjacent to an activating group) is 1. The SMILES string of the molecule is Cc1cc(C=C2C(=O)NC(=S)N(C)C2=O)c(C)n1-c1sc2c(c1C#N)CCCC2. The number of hydrogen-bond acceptors (Lipinski definition) is 5. The second kappa shape index (κ2) is 7.25. The van der Waals surface area contributed by atoms with Gasteiger partial charge in [-0.1, -0.05) is 0 Å². The number of fused-ring (bicyclic) bond motifs is 1. The summed E-state index contributed by atoms with van der Waals surface area (Å²) in [5.41, 5.74) is 4.61. The molecule has 148 valence electrons. The number of nitriles is 1. The van der Waals surface area contributed by atoms with E-state index in [1.54, 1.807) is 17.4 Å². The average Bonchev–Trinajstić information content (AvgIpc) is 3.19. The van der Waals surface area contributed by atoms with Crippen LogP contribution in [0, 0.1) is 25.2 Å². The summed E-state index contributed by atoms with van der Waals surface area (Å²) in [6.45, 7) is 3.91. The van der Waals surface area contributed by atoms with Crippen LogP contribution < -0.4 is 5.32 Å². The Kier molecular flexibility index (Phi) is 4.89. The third-order valence-corrected chi connectivity index (χ3v) is 7.20. The predicted octanol–water partition coefficient (Wildman–Crippen LogP) is 3.16. The van der Waals surface area contributed by atoms with Crippen LogP contribution in [-0.4, -0.2) is 33.4 Å². The van der Waals surface area contributed by atoms with Crippen LogP contribution in [-0.2, 0) is 22.4 Å². The molecule has 0 saturated carbocycles. The van der Waals surface area contributed by atoms with Crippen LogP contribution in [0.25, 0.3) is 11.1 Å². The van der Waals surface area contributed by atoms with Gasteiger partial charge in [-0.05, 0) is 75.0 Å². The van der Waals surface area contributed by atoms with Crippen molar-refractivity contribution in [2.75, 3.05) is 7.05 Å². The van der Waals surface area contributed by atoms with E-state index >= 15 is 0 Å². The Morgan fingerprint density at radius 1 is 1.28 bits per heavy atom. The number of amides is 2. The Balaban J connectivity index is 1.82. The van der Waals surface area contributed by atoms with Gasteiger partial charge < -0.3 is 4.57 Å². The van der Waals surface area contributed by atoms with E-state index in [1.165, 1.54) is 22.4 Å². The molecule has 0 unspecified atom stereocenters. The third-order valence-electron chi connectivity index (χ3n) is 5.54. The van der Waals surface area contributed by atoms with Gasteiger partial charge in [0.15, 0.2) is 5.11 Å². The van der Waals surface area contributed by atoms with Crippen LogP contribution in [0.2, 0.25) is 0 Å². The van der Waals surface area contributed by atoms with Gasteiger partial charge in [0.25, 0.3) is 11.8 Å². The number of aryl methyl sites for hydroxylation is 2. The summed E-state index contributed by atoms with van der Waals surface area (Å²) < 4.78 is 2.06. The normalized spacial score (nSPS) is 18.1. The van der Waals surface area contributed by atoms with E-state index in [9.17, 15) is 14.9 Å². The molecule has 1 N–H and O–H groups in total. The van der Waals surface area contributed by atoms with Gasteiger partial charge in [0, 0.05) is 23.3 Å². The third kappa shape index (κ3) is 3.11. The highest BCUT2D eigenvalue weighted by Crippen LogP contribution is 2.38. The smallest absolute Gasteiger partial charge is 0.265 e. The number of hydrogen-bond donors (Lipinski definition) is 1. The molecule has 6 nitrogen and oxygen atoms in total. The van der Waals surface area contributed by atoms with Crippen LogP contribution in [0.4, 0.5) is 0 Å². The molecule has 1 aliphatic carbocycles. The molecule has 8 heteroatoms. The van der Waals surface area contributed by atoms with Crippen molar-refractivity contribution in [2.45, 2.75) is 39.5 Å². The summed E-state index contributed by atoms with van der Waals surface area (Å²) in [6.07, 6.45) is 5.85. The van der Waals surface area contributed by atoms with Crippen molar-refractivity contribution < 1.29 is 9.59 Å². The molecule has 2 aromatic rings. The van der Waals surface area contributed by atoms with Crippen LogP contribution in [0.3, 0.4) is 0 Å². The van der Waals surface area contributed by atoms with Gasteiger partial charge in [-0.15, -0.1) is 11.3 Å². The lowest BCUT2D eigenvalue weighted by molar-refractivity contribution is -0.128. The first-order valence-corrected chi connectivity index (χ1v) is 10.6. The number of carbonyl (C=O) groups excluding carboxylic acids is 2. The minimum absolute atomic E-state index is 0.0485. The Morgan fingerprint density at radius 3 is 2.72 bits per heavy atom. The maximum atomic E-state index is 12.5. The molecule has 2 amide bonds. The lowest BCUT2D eigenvalue weighted by Crippen LogP contribution is -2.52. The molecule has 0 radical (unpaired) electrons. The van der Waals surface area contributed by atoms with Gasteiger partial charge in [0.2, 0.25) is 0 Å². The Bertz CT molecular complexity index is 1150. The van der Waals surface area contributed by atoms with Crippen molar-refractivity contribution in [3.8, 4) is 11.1 Å². The largest absolute Gasteiger partial charge is 0.308 e. The maximum absolute atomic E-state index is 12.5. The molecule has 0 bridgehead atoms. The van der Waals surface area contributed by atoms with Crippen LogP contribution in [0.15, 0.2) is 11.6 Å². The lowest BCUT2D eigenvalue weighted by Gasteiger charge is -2.25. The molecular formula is C21H20N4O2S2. The van der Waals surface area contributed by atoms with Crippen molar-refractivity contribution in [3.63, 3.8) is 0 Å². The van der Waals surface area contributed by atoms with E-state index in [1.807, 2.05) is 19.9 Å². The van der Waals surface area contributed by atoms with Gasteiger partial charge in [-0.3, -0.25) is 19.8 Å². The Labute approximate surface area is 178 Å². The van der Waals surface area contributed by atoms with E-state index in [4.69, 9.17) is 12.2 Å². The standard InChI is InChI=1S/C21H20N4O2S2/c1-11-8-13(9-15-18(26)23-21(28)24(3)19(15)27)12(2)25(11)20-16(10-22)14-6-4-5-7-17(14)29-20/h8-9H,4-7H2,1-3H3,(H,23,26,28). The van der Waals surface area contributed by atoms with Crippen LogP contribution >= 0.6 is 23.6 Å². The highest BCUT2D eigenvalue weighted by atomic mass is 32.1. The first-order valence-electron chi connectivity index (χ1n) is 9.42. The van der Waals surface area contributed by atoms with E-state index < -0.39 is 11.8 Å². The van der Waals surface area contributed by atoms with Gasteiger partial charge in [0.05, 0.1) is 5.56 Å². The van der Waals surface area contributed by atoms with Gasteiger partial charge in [-0.2, -0.15) is 5.26 Å². The summed E-state index contributed by atoms with van der Waals surface area (Å²) in [6, 6.07) is 4.35. The van der Waals surface area contributed by atoms with Crippen molar-refractivity contribution in [1.29, 1.82) is 5.26 Å². The highest BCUT2D eigenvalue weighted by molar-refractivity contribution is 7.80. The van der Waals surface area contributed by atoms with Crippen molar-refractivity contribution in [3.05, 3.63) is 44.6 Å². The first kappa shape index (κ1) is 19.6. The lowest BCUT2D eigenvalue weighted by atomic mass is 9.96. The number of nitrogens with zero attached hydrogens (tertiary/aromatic N) is 3. The first-order chi connectivity index (χ1) is 13.8. The number of carbonyl (C=O) groups is 2. The molecule has 1 fully saturated rings. The fraction of sp³-hybridized carbons (Fsp3) is 0.333. The molecule has 2 aromatic heterocycles. The van der Waals surface area contributed by atoms with Crippen molar-refractivity contribution >= 4 is 46.6 Å². The number of aromatic nitrogens is 1. The molecule has 1 saturated heterocycles. The molecule has 2 aliphatic rings. The fourth-order valence-electron chi connectivity index (χ4n) is 3.97. The van der Waals surface area contributed by atoms with E-state index in [0.29, 0.717) is 0 Å². The van der Waals surface area contributed by atoms with Crippen LogP contribution in [0.1, 0.15) is 45.8 Å². The topological polar surface area (TPSA) is 78.1 Å². The Morgan fingerprint density at radius 2 is 2.00 bits per heavy atom.